The van der Waals surface area contributed by atoms with Crippen LogP contribution in [0.3, 0.4) is 0 Å². The van der Waals surface area contributed by atoms with E-state index in [1.54, 1.807) is 0 Å². The third kappa shape index (κ3) is 63.5. The number of carboxylic acid groups (broad SMARTS) is 6. The number of carboxylic acids is 6. The fourth-order valence-corrected chi connectivity index (χ4v) is 0. The minimum absolute atomic E-state index is 0. The van der Waals surface area contributed by atoms with Crippen molar-refractivity contribution < 1.29 is 104 Å². The van der Waals surface area contributed by atoms with E-state index in [9.17, 15) is 0 Å². The summed E-state index contributed by atoms with van der Waals surface area (Å²) in [5, 5.41) is 47.4. The summed E-state index contributed by atoms with van der Waals surface area (Å²) in [6, 6.07) is 0. The third-order valence-electron chi connectivity index (χ3n) is 0.533. The van der Waals surface area contributed by atoms with Gasteiger partial charge in [-0.1, -0.05) is 0 Å². The number of rotatable bonds is 0. The van der Waals surface area contributed by atoms with Crippen LogP contribution in [0.5, 0.6) is 0 Å². The van der Waals surface area contributed by atoms with Crippen molar-refractivity contribution in [2.45, 2.75) is 0 Å². The first-order chi connectivity index (χ1) is 7.93. The van der Waals surface area contributed by atoms with Crippen LogP contribution >= 0.6 is 0 Å². The molecule has 23 heavy (non-hydrogen) atoms. The van der Waals surface area contributed by atoms with E-state index in [1.807, 2.05) is 0 Å². The van der Waals surface area contributed by atoms with Gasteiger partial charge in [0.15, 0.2) is 0 Å². The van der Waals surface area contributed by atoms with Crippen molar-refractivity contribution in [1.29, 1.82) is 0 Å². The zero-order chi connectivity index (χ0) is 15.5. The maximum absolute atomic E-state index is 9.10. The van der Waals surface area contributed by atoms with E-state index in [4.69, 9.17) is 59.4 Å². The van der Waals surface area contributed by atoms with Crippen LogP contribution in [0.4, 0.5) is 0 Å². The molecule has 133 valence electrons. The van der Waals surface area contributed by atoms with Crippen LogP contribution in [0.1, 0.15) is 0 Å². The molecule has 0 aliphatic heterocycles. The first-order valence-electron chi connectivity index (χ1n) is 3.28. The van der Waals surface area contributed by atoms with Gasteiger partial charge in [-0.3, -0.25) is 0 Å². The molecule has 0 aliphatic rings. The minimum Gasteiger partial charge on any atom is -0.543 e. The van der Waals surface area contributed by atoms with Gasteiger partial charge in [-0.25, -0.2) is 19.2 Å². The maximum atomic E-state index is 9.10. The van der Waals surface area contributed by atoms with Crippen LogP contribution < -0.4 is 10.2 Å². The van der Waals surface area contributed by atoms with Gasteiger partial charge in [0.1, 0.15) is 0 Å². The number of carbonyl (C=O) groups excluding carboxylic acids is 2. The summed E-state index contributed by atoms with van der Waals surface area (Å²) in [4.78, 5) is 54.2. The summed E-state index contributed by atoms with van der Waals surface area (Å²) in [6.07, 6.45) is 0. The largest absolute Gasteiger partial charge is 2.00 e. The van der Waals surface area contributed by atoms with Gasteiger partial charge in [0.25, 0.3) is 0 Å². The quantitative estimate of drug-likeness (QED) is 0.202. The van der Waals surface area contributed by atoms with Crippen LogP contribution in [0, 0.1) is 0 Å². The maximum Gasteiger partial charge on any atom is 2.00 e. The first kappa shape index (κ1) is 49.6. The van der Waals surface area contributed by atoms with Gasteiger partial charge in [0.05, 0.1) is 11.9 Å². The molecule has 0 aromatic carbocycles. The molecule has 0 aromatic rings. The van der Waals surface area contributed by atoms with Crippen LogP contribution in [-0.4, -0.2) is 90.2 Å². The molecule has 0 spiro atoms. The average molecular weight is 439 g/mol. The normalized spacial score (nSPS) is 5.74. The van der Waals surface area contributed by atoms with Gasteiger partial charge in [-0.2, -0.15) is 0 Å². The average Bonchev–Trinajstić information content (AvgIpc) is 2.18. The summed E-state index contributed by atoms with van der Waals surface area (Å²) >= 11 is 0. The van der Waals surface area contributed by atoms with E-state index in [2.05, 4.69) is 0 Å². The molecule has 0 bridgehead atoms. The smallest absolute Gasteiger partial charge is 0.543 e. The molecule has 0 atom stereocenters. The zero-order valence-electron chi connectivity index (χ0n) is 10.5. The van der Waals surface area contributed by atoms with E-state index >= 15 is 0 Å². The summed E-state index contributed by atoms with van der Waals surface area (Å²) in [5.41, 5.74) is 0. The standard InChI is InChI=1S/3C2H2O4.Fe.Mg.Mn.2H2O/c3*3-1(4)2(5)6;;;;;/h3*(H,3,4)(H,5,6);;;;2*1H2/q;;;;+2;;;/p-2. The van der Waals surface area contributed by atoms with Gasteiger partial charge >= 0.3 is 46.9 Å². The second kappa shape index (κ2) is 28.7. The van der Waals surface area contributed by atoms with E-state index in [1.165, 1.54) is 0 Å². The number of aliphatic carboxylic acids is 6. The fourth-order valence-electron chi connectivity index (χ4n) is 0. The molecule has 0 rings (SSSR count). The van der Waals surface area contributed by atoms with Gasteiger partial charge in [-0.05, 0) is 0 Å². The van der Waals surface area contributed by atoms with E-state index < -0.39 is 35.8 Å². The number of hydrogen-bond donors (Lipinski definition) is 4. The Kier molecular flexibility index (Phi) is 61.8. The third-order valence-corrected chi connectivity index (χ3v) is 0.533. The molecule has 0 saturated heterocycles. The van der Waals surface area contributed by atoms with Crippen LogP contribution in [0.2, 0.25) is 0 Å². The Morgan fingerprint density at radius 3 is 0.652 bits per heavy atom. The number of carbonyl (C=O) groups is 6. The molecule has 8 N–H and O–H groups in total. The van der Waals surface area contributed by atoms with Crippen molar-refractivity contribution in [3.05, 3.63) is 0 Å². The topological polar surface area (TPSA) is 292 Å². The molecular formula is C6H8FeMgMnO14. The van der Waals surface area contributed by atoms with Gasteiger partial charge in [0.2, 0.25) is 0 Å². The van der Waals surface area contributed by atoms with Gasteiger partial charge in [0, 0.05) is 34.1 Å². The Hall–Kier alpha value is -1.45. The van der Waals surface area contributed by atoms with E-state index in [0.29, 0.717) is 0 Å². The summed E-state index contributed by atoms with van der Waals surface area (Å²) < 4.78 is 0. The fraction of sp³-hybridized carbons (Fsp3) is 0. The van der Waals surface area contributed by atoms with Crippen molar-refractivity contribution in [3.63, 3.8) is 0 Å². The predicted molar refractivity (Wildman–Crippen MR) is 53.5 cm³/mol. The predicted octanol–water partition coefficient (Wildman–Crippen LogP) is -7.24. The second-order valence-corrected chi connectivity index (χ2v) is 1.80. The molecule has 0 unspecified atom stereocenters. The molecule has 0 fully saturated rings. The van der Waals surface area contributed by atoms with Gasteiger partial charge in [-0.15, -0.1) is 0 Å². The Bertz CT molecular complexity index is 290. The van der Waals surface area contributed by atoms with Crippen molar-refractivity contribution in [2.75, 3.05) is 0 Å². The Morgan fingerprint density at radius 1 is 0.565 bits per heavy atom. The SMILES string of the molecule is O.O.O=C(O)C(=O)O.O=C(O)C(=O)O.O=C([O-])C(=O)[O-].[Fe].[Mg+2].[Mn]. The van der Waals surface area contributed by atoms with Crippen molar-refractivity contribution >= 4 is 58.9 Å². The molecular weight excluding hydrogens is 431 g/mol. The molecule has 0 aliphatic carbocycles. The number of hydrogen-bond acceptors (Lipinski definition) is 8. The Labute approximate surface area is 163 Å². The van der Waals surface area contributed by atoms with Crippen molar-refractivity contribution in [3.8, 4) is 0 Å². The second-order valence-electron chi connectivity index (χ2n) is 1.80. The summed E-state index contributed by atoms with van der Waals surface area (Å²) in [6.45, 7) is 0. The first-order valence-corrected chi connectivity index (χ1v) is 3.28. The monoisotopic (exact) mass is 439 g/mol. The zero-order valence-corrected chi connectivity index (χ0v) is 14.2. The molecule has 17 heteroatoms. The van der Waals surface area contributed by atoms with E-state index in [-0.39, 0.29) is 68.1 Å². The molecule has 14 nitrogen and oxygen atoms in total. The summed E-state index contributed by atoms with van der Waals surface area (Å²) in [7, 11) is 0. The Morgan fingerprint density at radius 2 is 0.652 bits per heavy atom. The van der Waals surface area contributed by atoms with Crippen LogP contribution in [0.15, 0.2) is 0 Å². The van der Waals surface area contributed by atoms with Crippen molar-refractivity contribution in [2.24, 2.45) is 0 Å². The minimum atomic E-state index is -2.19. The van der Waals surface area contributed by atoms with Crippen molar-refractivity contribution in [1.82, 2.24) is 0 Å². The molecule has 0 heterocycles. The van der Waals surface area contributed by atoms with Gasteiger partial charge < -0.3 is 51.2 Å². The molecule has 1 radical (unpaired) electrons. The molecule has 0 saturated carbocycles. The molecule has 0 amide bonds. The summed E-state index contributed by atoms with van der Waals surface area (Å²) in [5.74, 6) is -11.7. The van der Waals surface area contributed by atoms with Crippen LogP contribution in [0.25, 0.3) is 0 Å². The van der Waals surface area contributed by atoms with E-state index in [0.717, 1.165) is 0 Å². The Balaban J connectivity index is -0.0000000221. The molecule has 0 aromatic heterocycles. The van der Waals surface area contributed by atoms with Crippen LogP contribution in [-0.2, 0) is 62.9 Å².